The van der Waals surface area contributed by atoms with Gasteiger partial charge in [0.15, 0.2) is 0 Å². The average molecular weight is 429 g/mol. The van der Waals surface area contributed by atoms with Crippen molar-refractivity contribution in [2.75, 3.05) is 36.8 Å². The van der Waals surface area contributed by atoms with Crippen molar-refractivity contribution < 1.29 is 9.59 Å². The fraction of sp³-hybridized carbons (Fsp3) is 0.391. The van der Waals surface area contributed by atoms with Gasteiger partial charge in [-0.05, 0) is 74.3 Å². The molecule has 0 spiro atoms. The van der Waals surface area contributed by atoms with Crippen molar-refractivity contribution in [1.29, 1.82) is 0 Å². The Balaban J connectivity index is 1.51. The number of carbonyl (C=O) groups excluding carboxylic acids is 2. The van der Waals surface area contributed by atoms with Crippen molar-refractivity contribution in [3.8, 4) is 11.1 Å². The maximum Gasteiger partial charge on any atom is 0.319 e. The molecule has 160 valence electrons. The predicted octanol–water partition coefficient (Wildman–Crippen LogP) is 4.96. The van der Waals surface area contributed by atoms with Crippen LogP contribution in [0.3, 0.4) is 0 Å². The molecule has 1 heterocycles. The lowest BCUT2D eigenvalue weighted by Gasteiger charge is -2.26. The first kappa shape index (κ1) is 22.1. The topological polar surface area (TPSA) is 73.5 Å². The number of benzene rings is 2. The number of amides is 3. The Labute approximate surface area is 183 Å². The molecule has 0 aliphatic carbocycles. The van der Waals surface area contributed by atoms with Gasteiger partial charge in [0, 0.05) is 19.2 Å². The van der Waals surface area contributed by atoms with Gasteiger partial charge in [0.25, 0.3) is 0 Å². The minimum atomic E-state index is -0.254. The Bertz CT molecular complexity index is 881. The van der Waals surface area contributed by atoms with Crippen molar-refractivity contribution in [1.82, 2.24) is 10.2 Å². The van der Waals surface area contributed by atoms with Gasteiger partial charge in [-0.3, -0.25) is 4.79 Å². The number of carbonyl (C=O) groups is 2. The van der Waals surface area contributed by atoms with Crippen LogP contribution in [0.1, 0.15) is 32.6 Å². The van der Waals surface area contributed by atoms with E-state index in [9.17, 15) is 9.59 Å². The number of hydrogen-bond acceptors (Lipinski definition) is 3. The summed E-state index contributed by atoms with van der Waals surface area (Å²) in [5, 5.41) is 8.94. The Kier molecular flexibility index (Phi) is 8.11. The van der Waals surface area contributed by atoms with E-state index in [0.29, 0.717) is 17.3 Å². The van der Waals surface area contributed by atoms with Crippen LogP contribution in [-0.4, -0.2) is 43.0 Å². The summed E-state index contributed by atoms with van der Waals surface area (Å²) >= 11 is 6.39. The molecular formula is C23H29ClN4O2. The quantitative estimate of drug-likeness (QED) is 0.545. The molecule has 6 nitrogen and oxygen atoms in total. The van der Waals surface area contributed by atoms with E-state index < -0.39 is 0 Å². The number of piperidine rings is 1. The van der Waals surface area contributed by atoms with Gasteiger partial charge in [-0.1, -0.05) is 36.2 Å². The normalized spacial score (nSPS) is 14.2. The van der Waals surface area contributed by atoms with Crippen LogP contribution in [0.25, 0.3) is 11.1 Å². The second-order valence-electron chi connectivity index (χ2n) is 7.59. The lowest BCUT2D eigenvalue weighted by atomic mass is 10.0. The molecule has 30 heavy (non-hydrogen) atoms. The molecule has 0 bridgehead atoms. The molecule has 3 rings (SSSR count). The fourth-order valence-electron chi connectivity index (χ4n) is 3.63. The number of rotatable bonds is 7. The highest BCUT2D eigenvalue weighted by molar-refractivity contribution is 6.34. The maximum atomic E-state index is 12.2. The van der Waals surface area contributed by atoms with Crippen LogP contribution in [-0.2, 0) is 4.79 Å². The number of urea groups is 1. The summed E-state index contributed by atoms with van der Waals surface area (Å²) in [7, 11) is 0. The van der Waals surface area contributed by atoms with Gasteiger partial charge < -0.3 is 20.9 Å². The SMILES string of the molecule is CC(=O)Nc1cccc(-c2ccc(NC(=O)NCCCN3CCCCC3)c(Cl)c2)c1. The second-order valence-corrected chi connectivity index (χ2v) is 8.00. The Morgan fingerprint density at radius 2 is 1.77 bits per heavy atom. The largest absolute Gasteiger partial charge is 0.338 e. The molecule has 7 heteroatoms. The monoisotopic (exact) mass is 428 g/mol. The van der Waals surface area contributed by atoms with Gasteiger partial charge in [0.2, 0.25) is 5.91 Å². The molecule has 2 aromatic rings. The first-order valence-corrected chi connectivity index (χ1v) is 10.8. The van der Waals surface area contributed by atoms with Crippen molar-refractivity contribution in [3.63, 3.8) is 0 Å². The number of halogens is 1. The molecule has 1 aliphatic rings. The van der Waals surface area contributed by atoms with E-state index in [-0.39, 0.29) is 11.9 Å². The highest BCUT2D eigenvalue weighted by atomic mass is 35.5. The van der Waals surface area contributed by atoms with Crippen LogP contribution in [0.5, 0.6) is 0 Å². The van der Waals surface area contributed by atoms with Crippen LogP contribution >= 0.6 is 11.6 Å². The van der Waals surface area contributed by atoms with Gasteiger partial charge in [0.05, 0.1) is 10.7 Å². The van der Waals surface area contributed by atoms with E-state index in [1.165, 1.54) is 39.3 Å². The van der Waals surface area contributed by atoms with E-state index in [2.05, 4.69) is 20.9 Å². The van der Waals surface area contributed by atoms with E-state index in [4.69, 9.17) is 11.6 Å². The van der Waals surface area contributed by atoms with Crippen molar-refractivity contribution >= 4 is 34.9 Å². The van der Waals surface area contributed by atoms with Crippen LogP contribution in [0, 0.1) is 0 Å². The third-order valence-corrected chi connectivity index (χ3v) is 5.43. The molecule has 3 N–H and O–H groups in total. The third-order valence-electron chi connectivity index (χ3n) is 5.12. The summed E-state index contributed by atoms with van der Waals surface area (Å²) in [5.74, 6) is -0.119. The zero-order chi connectivity index (χ0) is 21.3. The number of likely N-dealkylation sites (tertiary alicyclic amines) is 1. The standard InChI is InChI=1S/C23H29ClN4O2/c1-17(29)26-20-8-5-7-18(15-20)19-9-10-22(21(24)16-19)27-23(30)25-11-6-14-28-12-3-2-4-13-28/h5,7-10,15-16H,2-4,6,11-14H2,1H3,(H,26,29)(H2,25,27,30). The minimum absolute atomic E-state index is 0.119. The molecule has 3 amide bonds. The Morgan fingerprint density at radius 3 is 2.50 bits per heavy atom. The average Bonchev–Trinajstić information content (AvgIpc) is 2.73. The number of nitrogens with zero attached hydrogens (tertiary/aromatic N) is 1. The smallest absolute Gasteiger partial charge is 0.319 e. The summed E-state index contributed by atoms with van der Waals surface area (Å²) in [5.41, 5.74) is 3.12. The van der Waals surface area contributed by atoms with Gasteiger partial charge in [-0.25, -0.2) is 4.79 Å². The summed E-state index contributed by atoms with van der Waals surface area (Å²) in [6, 6.07) is 12.8. The predicted molar refractivity (Wildman–Crippen MR) is 123 cm³/mol. The summed E-state index contributed by atoms with van der Waals surface area (Å²) in [6.07, 6.45) is 4.82. The highest BCUT2D eigenvalue weighted by Crippen LogP contribution is 2.30. The molecule has 0 saturated carbocycles. The number of nitrogens with one attached hydrogen (secondary N) is 3. The first-order chi connectivity index (χ1) is 14.5. The lowest BCUT2D eigenvalue weighted by molar-refractivity contribution is -0.114. The maximum absolute atomic E-state index is 12.2. The number of hydrogen-bond donors (Lipinski definition) is 3. The molecule has 2 aromatic carbocycles. The van der Waals surface area contributed by atoms with Crippen LogP contribution in [0.4, 0.5) is 16.2 Å². The molecule has 0 aromatic heterocycles. The first-order valence-electron chi connectivity index (χ1n) is 10.5. The molecule has 1 aliphatic heterocycles. The molecule has 1 fully saturated rings. The molecular weight excluding hydrogens is 400 g/mol. The Morgan fingerprint density at radius 1 is 1.00 bits per heavy atom. The summed E-state index contributed by atoms with van der Waals surface area (Å²) in [6.45, 7) is 5.47. The molecule has 1 saturated heterocycles. The van der Waals surface area contributed by atoms with E-state index in [1.807, 2.05) is 30.3 Å². The summed E-state index contributed by atoms with van der Waals surface area (Å²) in [4.78, 5) is 25.9. The highest BCUT2D eigenvalue weighted by Gasteiger charge is 2.10. The third kappa shape index (κ3) is 6.75. The van der Waals surface area contributed by atoms with Gasteiger partial charge in [0.1, 0.15) is 0 Å². The molecule has 0 radical (unpaired) electrons. The van der Waals surface area contributed by atoms with E-state index in [1.54, 1.807) is 12.1 Å². The second kappa shape index (κ2) is 11.0. The van der Waals surface area contributed by atoms with E-state index in [0.717, 1.165) is 29.8 Å². The molecule has 0 atom stereocenters. The van der Waals surface area contributed by atoms with Crippen LogP contribution in [0.15, 0.2) is 42.5 Å². The number of anilines is 2. The molecule has 0 unspecified atom stereocenters. The zero-order valence-electron chi connectivity index (χ0n) is 17.3. The van der Waals surface area contributed by atoms with Crippen LogP contribution < -0.4 is 16.0 Å². The minimum Gasteiger partial charge on any atom is -0.338 e. The van der Waals surface area contributed by atoms with Gasteiger partial charge in [-0.15, -0.1) is 0 Å². The van der Waals surface area contributed by atoms with Crippen molar-refractivity contribution in [3.05, 3.63) is 47.5 Å². The van der Waals surface area contributed by atoms with E-state index >= 15 is 0 Å². The summed E-state index contributed by atoms with van der Waals surface area (Å²) < 4.78 is 0. The fourth-order valence-corrected chi connectivity index (χ4v) is 3.86. The van der Waals surface area contributed by atoms with Gasteiger partial charge >= 0.3 is 6.03 Å². The zero-order valence-corrected chi connectivity index (χ0v) is 18.1. The van der Waals surface area contributed by atoms with Crippen molar-refractivity contribution in [2.24, 2.45) is 0 Å². The van der Waals surface area contributed by atoms with Crippen LogP contribution in [0.2, 0.25) is 5.02 Å². The lowest BCUT2D eigenvalue weighted by Crippen LogP contribution is -2.34. The van der Waals surface area contributed by atoms with Gasteiger partial charge in [-0.2, -0.15) is 0 Å². The Hall–Kier alpha value is -2.57. The van der Waals surface area contributed by atoms with Crippen molar-refractivity contribution in [2.45, 2.75) is 32.6 Å².